The van der Waals surface area contributed by atoms with E-state index in [2.05, 4.69) is 9.72 Å². The normalized spacial score (nSPS) is 11.2. The van der Waals surface area contributed by atoms with Gasteiger partial charge in [0, 0.05) is 6.20 Å². The summed E-state index contributed by atoms with van der Waals surface area (Å²) in [5, 5.41) is 8.76. The average Bonchev–Trinajstić information content (AvgIpc) is 2.16. The molecule has 0 spiro atoms. The lowest BCUT2D eigenvalue weighted by Crippen LogP contribution is -2.28. The molecule has 1 aromatic heterocycles. The number of rotatable bonds is 4. The third-order valence-electron chi connectivity index (χ3n) is 1.74. The number of halogens is 3. The maximum Gasteiger partial charge on any atom is 0.428 e. The number of alkyl halides is 3. The fourth-order valence-corrected chi connectivity index (χ4v) is 1.04. The highest BCUT2D eigenvalue weighted by molar-refractivity contribution is 5.91. The van der Waals surface area contributed by atoms with Gasteiger partial charge in [-0.15, -0.1) is 0 Å². The molecule has 0 saturated carbocycles. The summed E-state index contributed by atoms with van der Waals surface area (Å²) in [6, 6.07) is 1.32. The number of carboxylic acid groups (broad SMARTS) is 1. The summed E-state index contributed by atoms with van der Waals surface area (Å²) < 4.78 is 40.9. The Morgan fingerprint density at radius 2 is 2.25 bits per heavy atom. The third-order valence-corrected chi connectivity index (χ3v) is 1.74. The molecule has 16 heavy (non-hydrogen) atoms. The quantitative estimate of drug-likeness (QED) is 0.867. The van der Waals surface area contributed by atoms with E-state index < -0.39 is 30.2 Å². The van der Waals surface area contributed by atoms with E-state index in [0.717, 1.165) is 6.20 Å². The van der Waals surface area contributed by atoms with E-state index >= 15 is 0 Å². The molecule has 0 radical (unpaired) electrons. The van der Waals surface area contributed by atoms with E-state index in [0.29, 0.717) is 0 Å². The zero-order valence-corrected chi connectivity index (χ0v) is 8.21. The standard InChI is InChI=1S/C9H8F3NO3/c1-5-2-3-13-7(6(5)8(14)15)16-9(11,12)4-10/h2-3H,4H2,1H3,(H,14,15). The number of aromatic nitrogens is 1. The fourth-order valence-electron chi connectivity index (χ4n) is 1.04. The summed E-state index contributed by atoms with van der Waals surface area (Å²) in [4.78, 5) is 14.1. The first kappa shape index (κ1) is 12.3. The van der Waals surface area contributed by atoms with Crippen molar-refractivity contribution in [1.29, 1.82) is 0 Å². The number of carboxylic acids is 1. The van der Waals surface area contributed by atoms with Crippen LogP contribution in [0, 0.1) is 6.92 Å². The first-order chi connectivity index (χ1) is 7.37. The van der Waals surface area contributed by atoms with Gasteiger partial charge in [-0.05, 0) is 18.6 Å². The topological polar surface area (TPSA) is 59.4 Å². The number of hydrogen-bond acceptors (Lipinski definition) is 3. The van der Waals surface area contributed by atoms with Crippen molar-refractivity contribution in [2.24, 2.45) is 0 Å². The van der Waals surface area contributed by atoms with E-state index in [4.69, 9.17) is 5.11 Å². The number of carbonyl (C=O) groups is 1. The summed E-state index contributed by atoms with van der Waals surface area (Å²) in [5.74, 6) is -2.26. The molecule has 0 fully saturated rings. The molecule has 88 valence electrons. The highest BCUT2D eigenvalue weighted by Crippen LogP contribution is 2.25. The minimum atomic E-state index is -4.08. The van der Waals surface area contributed by atoms with Crippen molar-refractivity contribution in [1.82, 2.24) is 4.98 Å². The van der Waals surface area contributed by atoms with E-state index in [-0.39, 0.29) is 5.56 Å². The van der Waals surface area contributed by atoms with Gasteiger partial charge in [0.25, 0.3) is 0 Å². The molecule has 0 aromatic carbocycles. The Bertz CT molecular complexity index is 409. The molecule has 1 aromatic rings. The van der Waals surface area contributed by atoms with Gasteiger partial charge in [-0.3, -0.25) is 0 Å². The Morgan fingerprint density at radius 1 is 1.62 bits per heavy atom. The molecule has 0 amide bonds. The first-order valence-electron chi connectivity index (χ1n) is 4.19. The Kier molecular flexibility index (Phi) is 3.36. The number of aryl methyl sites for hydroxylation is 1. The van der Waals surface area contributed by atoms with Gasteiger partial charge in [-0.2, -0.15) is 8.78 Å². The van der Waals surface area contributed by atoms with Crippen molar-refractivity contribution < 1.29 is 27.8 Å². The summed E-state index contributed by atoms with van der Waals surface area (Å²) in [6.45, 7) is -0.659. The van der Waals surface area contributed by atoms with Gasteiger partial charge < -0.3 is 9.84 Å². The van der Waals surface area contributed by atoms with Crippen LogP contribution < -0.4 is 4.74 Å². The maximum atomic E-state index is 12.6. The Morgan fingerprint density at radius 3 is 2.75 bits per heavy atom. The number of hydrogen-bond donors (Lipinski definition) is 1. The summed E-state index contributed by atoms with van der Waals surface area (Å²) in [7, 11) is 0. The highest BCUT2D eigenvalue weighted by atomic mass is 19.3. The summed E-state index contributed by atoms with van der Waals surface area (Å²) in [5.41, 5.74) is -0.303. The van der Waals surface area contributed by atoms with Gasteiger partial charge in [-0.1, -0.05) is 0 Å². The van der Waals surface area contributed by atoms with Crippen molar-refractivity contribution in [3.8, 4) is 5.88 Å². The van der Waals surface area contributed by atoms with Crippen molar-refractivity contribution in [2.75, 3.05) is 6.67 Å². The molecule has 0 aliphatic carbocycles. The van der Waals surface area contributed by atoms with Crippen LogP contribution in [0.25, 0.3) is 0 Å². The van der Waals surface area contributed by atoms with Crippen LogP contribution in [0.1, 0.15) is 15.9 Å². The first-order valence-corrected chi connectivity index (χ1v) is 4.19. The second-order valence-corrected chi connectivity index (χ2v) is 2.99. The van der Waals surface area contributed by atoms with E-state index in [9.17, 15) is 18.0 Å². The smallest absolute Gasteiger partial charge is 0.428 e. The predicted molar refractivity (Wildman–Crippen MR) is 47.5 cm³/mol. The highest BCUT2D eigenvalue weighted by Gasteiger charge is 2.34. The predicted octanol–water partition coefficient (Wildman–Crippen LogP) is 2.03. The average molecular weight is 235 g/mol. The summed E-state index contributed by atoms with van der Waals surface area (Å²) >= 11 is 0. The van der Waals surface area contributed by atoms with Gasteiger partial charge in [0.15, 0.2) is 6.67 Å². The largest absolute Gasteiger partial charge is 0.477 e. The molecule has 0 saturated heterocycles. The Hall–Kier alpha value is -1.79. The number of aromatic carboxylic acids is 1. The van der Waals surface area contributed by atoms with Crippen LogP contribution in [0.5, 0.6) is 5.88 Å². The van der Waals surface area contributed by atoms with Crippen molar-refractivity contribution in [3.63, 3.8) is 0 Å². The summed E-state index contributed by atoms with van der Waals surface area (Å²) in [6.07, 6.45) is -2.98. The zero-order valence-electron chi connectivity index (χ0n) is 8.21. The molecule has 1 heterocycles. The molecule has 0 atom stereocenters. The lowest BCUT2D eigenvalue weighted by Gasteiger charge is -2.15. The molecule has 1 rings (SSSR count). The van der Waals surface area contributed by atoms with Crippen LogP contribution >= 0.6 is 0 Å². The number of ether oxygens (including phenoxy) is 1. The third kappa shape index (κ3) is 2.62. The number of pyridine rings is 1. The van der Waals surface area contributed by atoms with Gasteiger partial charge in [0.05, 0.1) is 0 Å². The lowest BCUT2D eigenvalue weighted by atomic mass is 10.1. The van der Waals surface area contributed by atoms with Gasteiger partial charge in [0.2, 0.25) is 5.88 Å². The van der Waals surface area contributed by atoms with Crippen LogP contribution in [0.2, 0.25) is 0 Å². The van der Waals surface area contributed by atoms with Crippen LogP contribution in [0.3, 0.4) is 0 Å². The van der Waals surface area contributed by atoms with Gasteiger partial charge >= 0.3 is 12.1 Å². The molecule has 7 heteroatoms. The molecule has 0 unspecified atom stereocenters. The molecular formula is C9H8F3NO3. The molecule has 0 aliphatic rings. The van der Waals surface area contributed by atoms with Gasteiger partial charge in [0.1, 0.15) is 5.56 Å². The molecule has 0 aliphatic heterocycles. The molecular weight excluding hydrogens is 227 g/mol. The molecule has 1 N–H and O–H groups in total. The minimum Gasteiger partial charge on any atom is -0.477 e. The van der Waals surface area contributed by atoms with Crippen molar-refractivity contribution >= 4 is 5.97 Å². The van der Waals surface area contributed by atoms with E-state index in [1.807, 2.05) is 0 Å². The molecule has 0 bridgehead atoms. The minimum absolute atomic E-state index is 0.201. The van der Waals surface area contributed by atoms with Crippen LogP contribution in [0.15, 0.2) is 12.3 Å². The lowest BCUT2D eigenvalue weighted by molar-refractivity contribution is -0.188. The fraction of sp³-hybridized carbons (Fsp3) is 0.333. The van der Waals surface area contributed by atoms with Crippen molar-refractivity contribution in [2.45, 2.75) is 13.0 Å². The SMILES string of the molecule is Cc1ccnc(OC(F)(F)CF)c1C(=O)O. The van der Waals surface area contributed by atoms with Crippen LogP contribution in [0.4, 0.5) is 13.2 Å². The second kappa shape index (κ2) is 4.38. The van der Waals surface area contributed by atoms with E-state index in [1.54, 1.807) is 0 Å². The zero-order chi connectivity index (χ0) is 12.3. The van der Waals surface area contributed by atoms with Crippen LogP contribution in [-0.4, -0.2) is 28.8 Å². The van der Waals surface area contributed by atoms with Gasteiger partial charge in [-0.25, -0.2) is 14.2 Å². The second-order valence-electron chi connectivity index (χ2n) is 2.99. The van der Waals surface area contributed by atoms with Crippen molar-refractivity contribution in [3.05, 3.63) is 23.4 Å². The Labute approximate surface area is 88.7 Å². The van der Waals surface area contributed by atoms with E-state index in [1.165, 1.54) is 13.0 Å². The van der Waals surface area contributed by atoms with Crippen LogP contribution in [-0.2, 0) is 0 Å². The number of nitrogens with zero attached hydrogens (tertiary/aromatic N) is 1. The molecule has 4 nitrogen and oxygen atoms in total. The Balaban J connectivity index is 3.14. The maximum absolute atomic E-state index is 12.6. The monoisotopic (exact) mass is 235 g/mol.